The van der Waals surface area contributed by atoms with E-state index in [0.717, 1.165) is 23.5 Å². The Labute approximate surface area is 80.4 Å². The summed E-state index contributed by atoms with van der Waals surface area (Å²) in [6.07, 6.45) is 4.11. The van der Waals surface area contributed by atoms with E-state index in [1.54, 1.807) is 0 Å². The molecule has 0 bridgehead atoms. The molecule has 72 valence electrons. The van der Waals surface area contributed by atoms with Gasteiger partial charge in [0.15, 0.2) is 0 Å². The Hall–Kier alpha value is -0.920. The highest BCUT2D eigenvalue weighted by molar-refractivity contribution is 5.12. The predicted molar refractivity (Wildman–Crippen MR) is 54.7 cm³/mol. The molecular formula is C11H18N2. The summed E-state index contributed by atoms with van der Waals surface area (Å²) >= 11 is 0. The molecule has 0 unspecified atom stereocenters. The van der Waals surface area contributed by atoms with Gasteiger partial charge in [0, 0.05) is 6.20 Å². The highest BCUT2D eigenvalue weighted by atomic mass is 14.8. The van der Waals surface area contributed by atoms with Crippen molar-refractivity contribution in [2.24, 2.45) is 5.92 Å². The zero-order chi connectivity index (χ0) is 9.84. The molecule has 1 rings (SSSR count). The van der Waals surface area contributed by atoms with Crippen LogP contribution in [0.4, 0.5) is 0 Å². The minimum absolute atomic E-state index is 0.704. The Morgan fingerprint density at radius 3 is 2.62 bits per heavy atom. The number of aromatic nitrogens is 2. The molecule has 0 aliphatic heterocycles. The lowest BCUT2D eigenvalue weighted by molar-refractivity contribution is 0.548. The van der Waals surface area contributed by atoms with Crippen LogP contribution >= 0.6 is 0 Å². The summed E-state index contributed by atoms with van der Waals surface area (Å²) in [5.41, 5.74) is 3.24. The Bertz CT molecular complexity index is 281. The van der Waals surface area contributed by atoms with Gasteiger partial charge in [-0.1, -0.05) is 20.3 Å². The first kappa shape index (κ1) is 10.2. The molecule has 13 heavy (non-hydrogen) atoms. The van der Waals surface area contributed by atoms with Crippen molar-refractivity contribution in [3.8, 4) is 0 Å². The lowest BCUT2D eigenvalue weighted by Gasteiger charge is -2.09. The van der Waals surface area contributed by atoms with Crippen molar-refractivity contribution in [2.75, 3.05) is 0 Å². The Morgan fingerprint density at radius 1 is 1.38 bits per heavy atom. The molecule has 0 fully saturated rings. The normalized spacial score (nSPS) is 12.9. The van der Waals surface area contributed by atoms with Crippen LogP contribution < -0.4 is 0 Å². The standard InChI is InChI=1S/C11H18N2/c1-5-8(2)6-11-10(4)13-9(3)7-12-11/h7-8H,5-6H2,1-4H3/t8-/m0/s1. The van der Waals surface area contributed by atoms with Gasteiger partial charge < -0.3 is 0 Å². The Morgan fingerprint density at radius 2 is 2.08 bits per heavy atom. The molecule has 1 atom stereocenters. The second-order valence-corrected chi connectivity index (χ2v) is 3.76. The van der Waals surface area contributed by atoms with Crippen LogP contribution in [0.2, 0.25) is 0 Å². The van der Waals surface area contributed by atoms with E-state index in [-0.39, 0.29) is 0 Å². The zero-order valence-corrected chi connectivity index (χ0v) is 8.96. The van der Waals surface area contributed by atoms with E-state index >= 15 is 0 Å². The van der Waals surface area contributed by atoms with Crippen LogP contribution in [-0.4, -0.2) is 9.97 Å². The van der Waals surface area contributed by atoms with Crippen LogP contribution in [-0.2, 0) is 6.42 Å². The summed E-state index contributed by atoms with van der Waals surface area (Å²) in [6.45, 7) is 8.48. The Balaban J connectivity index is 2.77. The number of hydrogen-bond acceptors (Lipinski definition) is 2. The molecule has 1 aromatic rings. The minimum Gasteiger partial charge on any atom is -0.258 e. The first-order valence-corrected chi connectivity index (χ1v) is 4.92. The number of hydrogen-bond donors (Lipinski definition) is 0. The molecule has 0 aliphatic rings. The maximum atomic E-state index is 4.40. The average Bonchev–Trinajstić information content (AvgIpc) is 2.09. The molecule has 0 N–H and O–H groups in total. The number of rotatable bonds is 3. The van der Waals surface area contributed by atoms with Gasteiger partial charge in [-0.15, -0.1) is 0 Å². The summed E-state index contributed by atoms with van der Waals surface area (Å²) in [5, 5.41) is 0. The van der Waals surface area contributed by atoms with Crippen LogP contribution in [0.1, 0.15) is 37.4 Å². The van der Waals surface area contributed by atoms with Gasteiger partial charge in [-0.2, -0.15) is 0 Å². The molecule has 0 saturated heterocycles. The lowest BCUT2D eigenvalue weighted by atomic mass is 10.0. The lowest BCUT2D eigenvalue weighted by Crippen LogP contribution is -2.04. The second kappa shape index (κ2) is 4.35. The van der Waals surface area contributed by atoms with Crippen molar-refractivity contribution < 1.29 is 0 Å². The molecular weight excluding hydrogens is 160 g/mol. The van der Waals surface area contributed by atoms with Crippen molar-refractivity contribution in [3.63, 3.8) is 0 Å². The van der Waals surface area contributed by atoms with Gasteiger partial charge in [-0.3, -0.25) is 9.97 Å². The summed E-state index contributed by atoms with van der Waals surface area (Å²) in [4.78, 5) is 8.80. The molecule has 1 aromatic heterocycles. The van der Waals surface area contributed by atoms with Crippen LogP contribution in [0, 0.1) is 19.8 Å². The fourth-order valence-corrected chi connectivity index (χ4v) is 1.30. The summed E-state index contributed by atoms with van der Waals surface area (Å²) < 4.78 is 0. The van der Waals surface area contributed by atoms with E-state index in [2.05, 4.69) is 23.8 Å². The number of aryl methyl sites for hydroxylation is 2. The van der Waals surface area contributed by atoms with Gasteiger partial charge in [0.25, 0.3) is 0 Å². The smallest absolute Gasteiger partial charge is 0.0618 e. The van der Waals surface area contributed by atoms with Gasteiger partial charge in [-0.25, -0.2) is 0 Å². The highest BCUT2D eigenvalue weighted by Crippen LogP contribution is 2.11. The van der Waals surface area contributed by atoms with Crippen LogP contribution in [0.5, 0.6) is 0 Å². The fraction of sp³-hybridized carbons (Fsp3) is 0.636. The van der Waals surface area contributed by atoms with Gasteiger partial charge in [0.2, 0.25) is 0 Å². The number of nitrogens with zero attached hydrogens (tertiary/aromatic N) is 2. The largest absolute Gasteiger partial charge is 0.258 e. The zero-order valence-electron chi connectivity index (χ0n) is 8.96. The van der Waals surface area contributed by atoms with Gasteiger partial charge in [0.05, 0.1) is 17.1 Å². The van der Waals surface area contributed by atoms with E-state index in [9.17, 15) is 0 Å². The van der Waals surface area contributed by atoms with E-state index in [0.29, 0.717) is 5.92 Å². The van der Waals surface area contributed by atoms with Crippen molar-refractivity contribution in [3.05, 3.63) is 23.3 Å². The quantitative estimate of drug-likeness (QED) is 0.711. The molecule has 0 spiro atoms. The summed E-state index contributed by atoms with van der Waals surface area (Å²) in [7, 11) is 0. The molecule has 0 aliphatic carbocycles. The monoisotopic (exact) mass is 178 g/mol. The molecule has 0 amide bonds. The summed E-state index contributed by atoms with van der Waals surface area (Å²) in [5.74, 6) is 0.704. The van der Waals surface area contributed by atoms with Gasteiger partial charge in [-0.05, 0) is 26.2 Å². The maximum Gasteiger partial charge on any atom is 0.0618 e. The fourth-order valence-electron chi connectivity index (χ4n) is 1.30. The minimum atomic E-state index is 0.704. The van der Waals surface area contributed by atoms with Crippen LogP contribution in [0.15, 0.2) is 6.20 Å². The van der Waals surface area contributed by atoms with E-state index in [1.165, 1.54) is 6.42 Å². The molecule has 0 radical (unpaired) electrons. The highest BCUT2D eigenvalue weighted by Gasteiger charge is 2.05. The van der Waals surface area contributed by atoms with Gasteiger partial charge >= 0.3 is 0 Å². The van der Waals surface area contributed by atoms with E-state index in [1.807, 2.05) is 20.0 Å². The first-order valence-electron chi connectivity index (χ1n) is 4.92. The first-order chi connectivity index (χ1) is 6.13. The third kappa shape index (κ3) is 2.79. The van der Waals surface area contributed by atoms with Crippen molar-refractivity contribution in [1.82, 2.24) is 9.97 Å². The third-order valence-corrected chi connectivity index (χ3v) is 2.41. The molecule has 1 heterocycles. The van der Waals surface area contributed by atoms with E-state index in [4.69, 9.17) is 0 Å². The SMILES string of the molecule is CC[C@H](C)Cc1ncc(C)nc1C. The molecule has 0 saturated carbocycles. The third-order valence-electron chi connectivity index (χ3n) is 2.41. The molecule has 2 nitrogen and oxygen atoms in total. The topological polar surface area (TPSA) is 25.8 Å². The summed E-state index contributed by atoms with van der Waals surface area (Å²) in [6, 6.07) is 0. The Kier molecular flexibility index (Phi) is 3.40. The molecule has 2 heteroatoms. The van der Waals surface area contributed by atoms with Crippen LogP contribution in [0.3, 0.4) is 0 Å². The van der Waals surface area contributed by atoms with Crippen molar-refractivity contribution in [1.29, 1.82) is 0 Å². The van der Waals surface area contributed by atoms with Crippen LogP contribution in [0.25, 0.3) is 0 Å². The van der Waals surface area contributed by atoms with Gasteiger partial charge in [0.1, 0.15) is 0 Å². The van der Waals surface area contributed by atoms with E-state index < -0.39 is 0 Å². The van der Waals surface area contributed by atoms with Crippen molar-refractivity contribution >= 4 is 0 Å². The predicted octanol–water partition coefficient (Wildman–Crippen LogP) is 2.68. The average molecular weight is 178 g/mol. The maximum absolute atomic E-state index is 4.40. The second-order valence-electron chi connectivity index (χ2n) is 3.76. The van der Waals surface area contributed by atoms with Crippen molar-refractivity contribution in [2.45, 2.75) is 40.5 Å². The molecule has 0 aromatic carbocycles.